The Morgan fingerprint density at radius 1 is 0.944 bits per heavy atom. The summed E-state index contributed by atoms with van der Waals surface area (Å²) in [5, 5.41) is 4.63. The van der Waals surface area contributed by atoms with Crippen LogP contribution in [0.15, 0.2) is 59.6 Å². The summed E-state index contributed by atoms with van der Waals surface area (Å²) in [7, 11) is 0.880. The predicted octanol–water partition coefficient (Wildman–Crippen LogP) is 3.50. The summed E-state index contributed by atoms with van der Waals surface area (Å²) in [6.45, 7) is 1.12. The van der Waals surface area contributed by atoms with Crippen molar-refractivity contribution in [3.05, 3.63) is 71.4 Å². The van der Waals surface area contributed by atoms with Gasteiger partial charge in [-0.3, -0.25) is 4.68 Å². The molecule has 3 aromatic rings. The maximum absolute atomic E-state index is 14.0. The number of hydrogen-bond donors (Lipinski definition) is 0. The van der Waals surface area contributed by atoms with Crippen molar-refractivity contribution in [3.63, 3.8) is 0 Å². The molecule has 192 valence electrons. The Bertz CT molecular complexity index is 1240. The van der Waals surface area contributed by atoms with Crippen LogP contribution in [0.4, 0.5) is 0 Å². The summed E-state index contributed by atoms with van der Waals surface area (Å²) in [6.07, 6.45) is 1.94. The molecule has 10 heteroatoms. The fourth-order valence-electron chi connectivity index (χ4n) is 4.32. The average molecular weight is 514 g/mol. The minimum absolute atomic E-state index is 0.0229. The molecule has 1 saturated heterocycles. The predicted molar refractivity (Wildman–Crippen MR) is 132 cm³/mol. The van der Waals surface area contributed by atoms with E-state index in [1.165, 1.54) is 4.31 Å². The Balaban J connectivity index is 1.51. The maximum atomic E-state index is 14.0. The van der Waals surface area contributed by atoms with E-state index in [0.29, 0.717) is 24.7 Å². The van der Waals surface area contributed by atoms with Crippen LogP contribution in [-0.2, 0) is 38.2 Å². The zero-order chi connectivity index (χ0) is 25.3. The lowest BCUT2D eigenvalue weighted by Gasteiger charge is -2.40. The summed E-state index contributed by atoms with van der Waals surface area (Å²) >= 11 is 0. The van der Waals surface area contributed by atoms with E-state index < -0.39 is 15.6 Å². The number of ether oxygens (including phenoxy) is 4. The van der Waals surface area contributed by atoms with Crippen molar-refractivity contribution in [2.24, 2.45) is 0 Å². The van der Waals surface area contributed by atoms with E-state index in [2.05, 4.69) is 5.10 Å². The third-order valence-corrected chi connectivity index (χ3v) is 8.44. The highest BCUT2D eigenvalue weighted by Crippen LogP contribution is 2.42. The van der Waals surface area contributed by atoms with E-state index in [4.69, 9.17) is 18.9 Å². The van der Waals surface area contributed by atoms with Crippen molar-refractivity contribution < 1.29 is 27.4 Å². The first-order valence-electron chi connectivity index (χ1n) is 11.9. The molecule has 1 aromatic heterocycles. The number of nitrogens with zero attached hydrogens (tertiary/aromatic N) is 3. The van der Waals surface area contributed by atoms with Crippen LogP contribution in [0, 0.1) is 0 Å². The Morgan fingerprint density at radius 2 is 1.47 bits per heavy atom. The molecule has 2 fully saturated rings. The molecule has 0 bridgehead atoms. The third-order valence-electron chi connectivity index (χ3n) is 6.77. The van der Waals surface area contributed by atoms with Crippen LogP contribution in [0.3, 0.4) is 0 Å². The van der Waals surface area contributed by atoms with Gasteiger partial charge in [0.25, 0.3) is 10.0 Å². The van der Waals surface area contributed by atoms with Gasteiger partial charge in [0.05, 0.1) is 39.2 Å². The van der Waals surface area contributed by atoms with Crippen molar-refractivity contribution in [2.45, 2.75) is 42.6 Å². The van der Waals surface area contributed by atoms with Crippen LogP contribution in [0.1, 0.15) is 35.7 Å². The molecule has 2 aromatic carbocycles. The Morgan fingerprint density at radius 3 is 1.86 bits per heavy atom. The van der Waals surface area contributed by atoms with Crippen LogP contribution in [0.5, 0.6) is 11.5 Å². The molecule has 1 saturated carbocycles. The molecule has 2 heterocycles. The minimum Gasteiger partial charge on any atom is -0.497 e. The summed E-state index contributed by atoms with van der Waals surface area (Å²) in [4.78, 5) is 0. The number of hydrogen-bond acceptors (Lipinski definition) is 7. The number of rotatable bonds is 11. The van der Waals surface area contributed by atoms with Crippen molar-refractivity contribution in [1.82, 2.24) is 14.1 Å². The lowest BCUT2D eigenvalue weighted by Crippen LogP contribution is -2.49. The second kappa shape index (κ2) is 9.85. The Kier molecular flexibility index (Phi) is 6.78. The van der Waals surface area contributed by atoms with Gasteiger partial charge >= 0.3 is 0 Å². The fraction of sp³-hybridized carbons (Fsp3) is 0.423. The molecule has 0 spiro atoms. The van der Waals surface area contributed by atoms with Crippen LogP contribution < -0.4 is 9.47 Å². The van der Waals surface area contributed by atoms with Crippen molar-refractivity contribution in [1.29, 1.82) is 0 Å². The van der Waals surface area contributed by atoms with Gasteiger partial charge < -0.3 is 18.9 Å². The highest BCUT2D eigenvalue weighted by Gasteiger charge is 2.47. The monoisotopic (exact) mass is 513 g/mol. The van der Waals surface area contributed by atoms with Gasteiger partial charge in [-0.1, -0.05) is 24.3 Å². The zero-order valence-electron chi connectivity index (χ0n) is 20.7. The van der Waals surface area contributed by atoms with E-state index in [9.17, 15) is 8.42 Å². The van der Waals surface area contributed by atoms with Gasteiger partial charge in [0, 0.05) is 26.3 Å². The summed E-state index contributed by atoms with van der Waals surface area (Å²) in [5.41, 5.74) is 1.78. The zero-order valence-corrected chi connectivity index (χ0v) is 21.5. The molecule has 0 radical (unpaired) electrons. The maximum Gasteiger partial charge on any atom is 0.263 e. The van der Waals surface area contributed by atoms with Crippen molar-refractivity contribution >= 4 is 10.0 Å². The third kappa shape index (κ3) is 4.73. The second-order valence-electron chi connectivity index (χ2n) is 9.20. The molecule has 5 rings (SSSR count). The molecule has 0 atom stereocenters. The van der Waals surface area contributed by atoms with E-state index in [1.54, 1.807) is 27.4 Å². The smallest absolute Gasteiger partial charge is 0.263 e. The Labute approximate surface area is 211 Å². The molecular weight excluding hydrogens is 482 g/mol. The second-order valence-corrected chi connectivity index (χ2v) is 11.1. The first kappa shape index (κ1) is 24.8. The number of aromatic nitrogens is 2. The largest absolute Gasteiger partial charge is 0.497 e. The quantitative estimate of drug-likeness (QED) is 0.388. The standard InChI is InChI=1S/C26H31N3O6S/c1-32-22-10-4-19(5-11-22)15-28(16-20-6-12-23(33-2)13-7-20)36(30,31)25-14-24(26(34-3)17-35-18-26)29(27-25)21-8-9-21/h4-7,10-14,21H,8-9,15-18H2,1-3H3. The molecule has 0 amide bonds. The lowest BCUT2D eigenvalue weighted by atomic mass is 9.97. The number of benzene rings is 2. The van der Waals surface area contributed by atoms with Gasteiger partial charge in [0.1, 0.15) is 11.5 Å². The molecule has 9 nitrogen and oxygen atoms in total. The van der Waals surface area contributed by atoms with Gasteiger partial charge in [0.15, 0.2) is 10.6 Å². The summed E-state index contributed by atoms with van der Waals surface area (Å²) in [5.74, 6) is 1.42. The van der Waals surface area contributed by atoms with Gasteiger partial charge in [-0.25, -0.2) is 8.42 Å². The molecule has 0 unspecified atom stereocenters. The van der Waals surface area contributed by atoms with Gasteiger partial charge in [-0.15, -0.1) is 0 Å². The lowest BCUT2D eigenvalue weighted by molar-refractivity contribution is -0.206. The van der Waals surface area contributed by atoms with Gasteiger partial charge in [0.2, 0.25) is 0 Å². The van der Waals surface area contributed by atoms with E-state index in [-0.39, 0.29) is 24.2 Å². The Hall–Kier alpha value is -2.92. The average Bonchev–Trinajstić information content (AvgIpc) is 3.62. The molecular formula is C26H31N3O6S. The van der Waals surface area contributed by atoms with E-state index >= 15 is 0 Å². The summed E-state index contributed by atoms with van der Waals surface area (Å²) in [6, 6.07) is 16.6. The van der Waals surface area contributed by atoms with E-state index in [1.807, 2.05) is 53.2 Å². The highest BCUT2D eigenvalue weighted by atomic mass is 32.2. The normalized spacial score (nSPS) is 17.1. The topological polar surface area (TPSA) is 92.1 Å². The number of methoxy groups -OCH3 is 3. The molecule has 36 heavy (non-hydrogen) atoms. The van der Waals surface area contributed by atoms with Crippen LogP contribution >= 0.6 is 0 Å². The SMILES string of the molecule is COc1ccc(CN(Cc2ccc(OC)cc2)S(=O)(=O)c2cc(C3(OC)COC3)n(C3CC3)n2)cc1. The minimum atomic E-state index is -3.95. The first-order valence-corrected chi connectivity index (χ1v) is 13.3. The van der Waals surface area contributed by atoms with Crippen LogP contribution in [-0.4, -0.2) is 57.0 Å². The van der Waals surface area contributed by atoms with E-state index in [0.717, 1.165) is 29.7 Å². The van der Waals surface area contributed by atoms with Crippen LogP contribution in [0.25, 0.3) is 0 Å². The summed E-state index contributed by atoms with van der Waals surface area (Å²) < 4.78 is 53.1. The molecule has 2 aliphatic rings. The van der Waals surface area contributed by atoms with Crippen molar-refractivity contribution in [2.75, 3.05) is 34.5 Å². The molecule has 1 aliphatic carbocycles. The first-order chi connectivity index (χ1) is 17.4. The molecule has 0 N–H and O–H groups in total. The highest BCUT2D eigenvalue weighted by molar-refractivity contribution is 7.89. The van der Waals surface area contributed by atoms with Crippen LogP contribution in [0.2, 0.25) is 0 Å². The molecule has 1 aliphatic heterocycles. The number of sulfonamides is 1. The van der Waals surface area contributed by atoms with Crippen molar-refractivity contribution in [3.8, 4) is 11.5 Å². The van der Waals surface area contributed by atoms with Gasteiger partial charge in [-0.05, 0) is 48.2 Å². The fourth-order valence-corrected chi connectivity index (χ4v) is 5.68. The van der Waals surface area contributed by atoms with Gasteiger partial charge in [-0.2, -0.15) is 9.40 Å².